The number of rotatable bonds is 6. The van der Waals surface area contributed by atoms with Crippen molar-refractivity contribution in [3.63, 3.8) is 0 Å². The average molecular weight is 385 g/mol. The fourth-order valence-electron chi connectivity index (χ4n) is 2.98. The van der Waals surface area contributed by atoms with E-state index in [9.17, 15) is 9.59 Å². The van der Waals surface area contributed by atoms with Gasteiger partial charge in [0.15, 0.2) is 5.13 Å². The fraction of sp³-hybridized carbons (Fsp3) is 0.350. The smallest absolute Gasteiger partial charge is 0.325 e. The van der Waals surface area contributed by atoms with Crippen molar-refractivity contribution in [2.75, 3.05) is 17.2 Å². The van der Waals surface area contributed by atoms with Crippen molar-refractivity contribution < 1.29 is 9.59 Å². The lowest BCUT2D eigenvalue weighted by Crippen LogP contribution is -2.25. The number of carbonyl (C=O) groups is 2. The molecule has 0 atom stereocenters. The molecule has 0 unspecified atom stereocenters. The van der Waals surface area contributed by atoms with Crippen molar-refractivity contribution in [1.82, 2.24) is 10.3 Å². The molecule has 1 aliphatic carbocycles. The van der Waals surface area contributed by atoms with E-state index in [2.05, 4.69) is 27.0 Å². The minimum absolute atomic E-state index is 0.213. The first-order chi connectivity index (χ1) is 13.1. The lowest BCUT2D eigenvalue weighted by molar-refractivity contribution is 0.0950. The van der Waals surface area contributed by atoms with E-state index in [1.165, 1.54) is 29.8 Å². The van der Waals surface area contributed by atoms with Crippen molar-refractivity contribution in [2.45, 2.75) is 39.0 Å². The summed E-state index contributed by atoms with van der Waals surface area (Å²) in [5.41, 5.74) is 3.52. The van der Waals surface area contributed by atoms with Crippen LogP contribution in [0.2, 0.25) is 0 Å². The lowest BCUT2D eigenvalue weighted by Gasteiger charge is -2.12. The van der Waals surface area contributed by atoms with Crippen molar-refractivity contribution in [3.05, 3.63) is 52.6 Å². The number of carbonyl (C=O) groups excluding carboxylic acids is 2. The van der Waals surface area contributed by atoms with Crippen LogP contribution in [0.25, 0.3) is 0 Å². The predicted molar refractivity (Wildman–Crippen MR) is 109 cm³/mol. The topological polar surface area (TPSA) is 83.1 Å². The van der Waals surface area contributed by atoms with Crippen LogP contribution in [0.3, 0.4) is 0 Å². The van der Waals surface area contributed by atoms with Crippen LogP contribution >= 0.6 is 11.3 Å². The summed E-state index contributed by atoms with van der Waals surface area (Å²) >= 11 is 1.23. The Labute approximate surface area is 163 Å². The molecule has 1 aromatic carbocycles. The zero-order chi connectivity index (χ0) is 19.1. The van der Waals surface area contributed by atoms with Crippen LogP contribution in [0.4, 0.5) is 15.6 Å². The molecule has 1 heterocycles. The van der Waals surface area contributed by atoms with Gasteiger partial charge >= 0.3 is 6.03 Å². The van der Waals surface area contributed by atoms with Gasteiger partial charge in [-0.1, -0.05) is 23.8 Å². The number of nitrogens with zero attached hydrogens (tertiary/aromatic N) is 1. The third-order valence-electron chi connectivity index (χ3n) is 4.35. The second kappa shape index (κ2) is 9.32. The van der Waals surface area contributed by atoms with Gasteiger partial charge in [0.05, 0.1) is 0 Å². The summed E-state index contributed by atoms with van der Waals surface area (Å²) in [7, 11) is 0. The SMILES string of the molecule is Cc1cccc(NC(=O)Nc2nc(C(=O)NCCC3=CCCCC3)cs2)c1. The molecule has 0 fully saturated rings. The third kappa shape index (κ3) is 5.92. The van der Waals surface area contributed by atoms with E-state index in [4.69, 9.17) is 0 Å². The normalized spacial score (nSPS) is 13.6. The molecule has 0 spiro atoms. The van der Waals surface area contributed by atoms with Crippen molar-refractivity contribution in [1.29, 1.82) is 0 Å². The maximum absolute atomic E-state index is 12.2. The van der Waals surface area contributed by atoms with Gasteiger partial charge in [-0.05, 0) is 56.7 Å². The predicted octanol–water partition coefficient (Wildman–Crippen LogP) is 4.72. The number of aryl methyl sites for hydroxylation is 1. The average Bonchev–Trinajstić information content (AvgIpc) is 3.11. The molecule has 1 aliphatic rings. The van der Waals surface area contributed by atoms with E-state index in [1.54, 1.807) is 5.38 Å². The van der Waals surface area contributed by atoms with Crippen LogP contribution in [0.1, 0.15) is 48.2 Å². The second-order valence-electron chi connectivity index (χ2n) is 6.60. The number of amides is 3. The molecule has 7 heteroatoms. The highest BCUT2D eigenvalue weighted by Crippen LogP contribution is 2.20. The molecule has 0 saturated heterocycles. The molecule has 0 radical (unpaired) electrons. The van der Waals surface area contributed by atoms with Crippen LogP contribution < -0.4 is 16.0 Å². The van der Waals surface area contributed by atoms with Crippen LogP contribution in [0, 0.1) is 6.92 Å². The first-order valence-electron chi connectivity index (χ1n) is 9.16. The Morgan fingerprint density at radius 1 is 1.22 bits per heavy atom. The second-order valence-corrected chi connectivity index (χ2v) is 7.46. The van der Waals surface area contributed by atoms with Gasteiger partial charge in [-0.3, -0.25) is 10.1 Å². The van der Waals surface area contributed by atoms with Gasteiger partial charge in [0.2, 0.25) is 0 Å². The largest absolute Gasteiger partial charge is 0.350 e. The Balaban J connectivity index is 1.46. The number of hydrogen-bond acceptors (Lipinski definition) is 4. The molecule has 3 N–H and O–H groups in total. The van der Waals surface area contributed by atoms with Gasteiger partial charge in [-0.25, -0.2) is 9.78 Å². The van der Waals surface area contributed by atoms with E-state index in [-0.39, 0.29) is 11.9 Å². The van der Waals surface area contributed by atoms with Gasteiger partial charge in [-0.15, -0.1) is 11.3 Å². The van der Waals surface area contributed by atoms with Crippen molar-refractivity contribution >= 4 is 34.1 Å². The molecule has 27 heavy (non-hydrogen) atoms. The zero-order valence-corrected chi connectivity index (χ0v) is 16.2. The van der Waals surface area contributed by atoms with E-state index in [0.717, 1.165) is 24.8 Å². The molecule has 0 saturated carbocycles. The highest BCUT2D eigenvalue weighted by Gasteiger charge is 2.13. The number of nitrogens with one attached hydrogen (secondary N) is 3. The molecule has 3 rings (SSSR count). The highest BCUT2D eigenvalue weighted by molar-refractivity contribution is 7.14. The van der Waals surface area contributed by atoms with Gasteiger partial charge in [-0.2, -0.15) is 0 Å². The Kier molecular flexibility index (Phi) is 6.59. The Bertz CT molecular complexity index is 844. The molecule has 6 nitrogen and oxygen atoms in total. The van der Waals surface area contributed by atoms with Crippen molar-refractivity contribution in [3.8, 4) is 0 Å². The number of anilines is 2. The molecular formula is C20H24N4O2S. The van der Waals surface area contributed by atoms with Gasteiger partial charge < -0.3 is 10.6 Å². The quantitative estimate of drug-likeness (QED) is 0.630. The van der Waals surface area contributed by atoms with E-state index in [0.29, 0.717) is 23.1 Å². The monoisotopic (exact) mass is 384 g/mol. The number of thiazole rings is 1. The Morgan fingerprint density at radius 3 is 2.89 bits per heavy atom. The van der Waals surface area contributed by atoms with E-state index < -0.39 is 0 Å². The van der Waals surface area contributed by atoms with Gasteiger partial charge in [0.25, 0.3) is 5.91 Å². The number of urea groups is 1. The molecule has 2 aromatic rings. The number of benzene rings is 1. The maximum atomic E-state index is 12.2. The van der Waals surface area contributed by atoms with Crippen LogP contribution in [0.5, 0.6) is 0 Å². The Morgan fingerprint density at radius 2 is 2.11 bits per heavy atom. The molecule has 3 amide bonds. The third-order valence-corrected chi connectivity index (χ3v) is 5.11. The van der Waals surface area contributed by atoms with E-state index >= 15 is 0 Å². The summed E-state index contributed by atoms with van der Waals surface area (Å²) in [6.07, 6.45) is 7.96. The number of allylic oxidation sites excluding steroid dienone is 1. The highest BCUT2D eigenvalue weighted by atomic mass is 32.1. The fourth-order valence-corrected chi connectivity index (χ4v) is 3.66. The van der Waals surface area contributed by atoms with E-state index in [1.807, 2.05) is 31.2 Å². The molecular weight excluding hydrogens is 360 g/mol. The molecule has 0 aliphatic heterocycles. The summed E-state index contributed by atoms with van der Waals surface area (Å²) in [4.78, 5) is 28.5. The lowest BCUT2D eigenvalue weighted by atomic mass is 9.97. The Hall–Kier alpha value is -2.67. The van der Waals surface area contributed by atoms with Gasteiger partial charge in [0, 0.05) is 17.6 Å². The summed E-state index contributed by atoms with van der Waals surface area (Å²) in [6, 6.07) is 7.14. The van der Waals surface area contributed by atoms with Gasteiger partial charge in [0.1, 0.15) is 5.69 Å². The molecule has 1 aromatic heterocycles. The first kappa shape index (κ1) is 19.1. The summed E-state index contributed by atoms with van der Waals surface area (Å²) in [6.45, 7) is 2.57. The number of aromatic nitrogens is 1. The summed E-state index contributed by atoms with van der Waals surface area (Å²) < 4.78 is 0. The molecule has 0 bridgehead atoms. The van der Waals surface area contributed by atoms with Crippen LogP contribution in [0.15, 0.2) is 41.3 Å². The van der Waals surface area contributed by atoms with Crippen molar-refractivity contribution in [2.24, 2.45) is 0 Å². The van der Waals surface area contributed by atoms with Crippen LogP contribution in [-0.4, -0.2) is 23.5 Å². The summed E-state index contributed by atoms with van der Waals surface area (Å²) in [5.74, 6) is -0.213. The minimum Gasteiger partial charge on any atom is -0.350 e. The maximum Gasteiger partial charge on any atom is 0.325 e. The number of hydrogen-bond donors (Lipinski definition) is 3. The zero-order valence-electron chi connectivity index (χ0n) is 15.4. The molecule has 142 valence electrons. The summed E-state index contributed by atoms with van der Waals surface area (Å²) in [5, 5.41) is 10.3. The minimum atomic E-state index is -0.383. The standard InChI is InChI=1S/C20H24N4O2S/c1-14-6-5-9-16(12-14)22-19(26)24-20-23-17(13-27-20)18(25)21-11-10-15-7-3-2-4-8-15/h5-7,9,12-13H,2-4,8,10-11H2,1H3,(H,21,25)(H2,22,23,24,26). The first-order valence-corrected chi connectivity index (χ1v) is 10.0. The van der Waals surface area contributed by atoms with Crippen LogP contribution in [-0.2, 0) is 0 Å².